The number of hydrogen-bond acceptors (Lipinski definition) is 3. The Morgan fingerprint density at radius 3 is 2.58 bits per heavy atom. The molecule has 0 aliphatic carbocycles. The number of anilines is 2. The Hall–Kier alpha value is -2.53. The number of nitrogens with one attached hydrogen (secondary N) is 1. The summed E-state index contributed by atoms with van der Waals surface area (Å²) in [5.41, 5.74) is 2.41. The first-order chi connectivity index (χ1) is 12.4. The zero-order valence-electron chi connectivity index (χ0n) is 14.8. The number of halogens is 1. The molecule has 0 bridgehead atoms. The van der Waals surface area contributed by atoms with E-state index in [1.54, 1.807) is 42.2 Å². The Labute approximate surface area is 157 Å². The molecule has 1 saturated heterocycles. The molecule has 1 atom stereocenters. The molecule has 0 saturated carbocycles. The van der Waals surface area contributed by atoms with Crippen LogP contribution in [0.3, 0.4) is 0 Å². The minimum Gasteiger partial charge on any atom is -0.481 e. The third-order valence-corrected chi connectivity index (χ3v) is 4.76. The molecule has 1 N–H and O–H groups in total. The van der Waals surface area contributed by atoms with Crippen molar-refractivity contribution in [3.05, 3.63) is 53.1 Å². The molecule has 136 valence electrons. The SMILES string of the molecule is Cc1cc(O[C@H](C)C(=O)Nc2ccc(N3CCCC3=O)cc2)ccc1Cl. The lowest BCUT2D eigenvalue weighted by Crippen LogP contribution is -2.30. The fourth-order valence-corrected chi connectivity index (χ4v) is 2.96. The average Bonchev–Trinajstić information content (AvgIpc) is 3.05. The van der Waals surface area contributed by atoms with Crippen LogP contribution in [-0.2, 0) is 9.59 Å². The van der Waals surface area contributed by atoms with Crippen LogP contribution >= 0.6 is 11.6 Å². The monoisotopic (exact) mass is 372 g/mol. The van der Waals surface area contributed by atoms with E-state index >= 15 is 0 Å². The van der Waals surface area contributed by atoms with Gasteiger partial charge < -0.3 is 15.0 Å². The minimum atomic E-state index is -0.657. The maximum atomic E-state index is 12.3. The highest BCUT2D eigenvalue weighted by Gasteiger charge is 2.21. The van der Waals surface area contributed by atoms with E-state index in [2.05, 4.69) is 5.32 Å². The molecule has 2 aromatic carbocycles. The normalized spacial score (nSPS) is 15.0. The predicted molar refractivity (Wildman–Crippen MR) is 103 cm³/mol. The van der Waals surface area contributed by atoms with Crippen molar-refractivity contribution in [1.29, 1.82) is 0 Å². The Morgan fingerprint density at radius 2 is 1.96 bits per heavy atom. The molecular formula is C20H21ClN2O3. The lowest BCUT2D eigenvalue weighted by Gasteiger charge is -2.17. The number of carbonyl (C=O) groups excluding carboxylic acids is 2. The molecule has 5 nitrogen and oxygen atoms in total. The number of nitrogens with zero attached hydrogens (tertiary/aromatic N) is 1. The van der Waals surface area contributed by atoms with E-state index < -0.39 is 6.10 Å². The summed E-state index contributed by atoms with van der Waals surface area (Å²) in [6.45, 7) is 4.32. The van der Waals surface area contributed by atoms with E-state index in [0.717, 1.165) is 24.2 Å². The fraction of sp³-hybridized carbons (Fsp3) is 0.300. The maximum absolute atomic E-state index is 12.3. The smallest absolute Gasteiger partial charge is 0.265 e. The third-order valence-electron chi connectivity index (χ3n) is 4.33. The van der Waals surface area contributed by atoms with Gasteiger partial charge in [-0.2, -0.15) is 0 Å². The van der Waals surface area contributed by atoms with Crippen LogP contribution in [0, 0.1) is 6.92 Å². The van der Waals surface area contributed by atoms with E-state index in [1.807, 2.05) is 19.1 Å². The highest BCUT2D eigenvalue weighted by Crippen LogP contribution is 2.24. The van der Waals surface area contributed by atoms with Gasteiger partial charge in [-0.15, -0.1) is 0 Å². The van der Waals surface area contributed by atoms with Gasteiger partial charge in [0.05, 0.1) is 0 Å². The Kier molecular flexibility index (Phi) is 5.47. The van der Waals surface area contributed by atoms with Gasteiger partial charge in [0.25, 0.3) is 5.91 Å². The summed E-state index contributed by atoms with van der Waals surface area (Å²) in [6, 6.07) is 12.5. The van der Waals surface area contributed by atoms with Crippen LogP contribution in [0.2, 0.25) is 5.02 Å². The lowest BCUT2D eigenvalue weighted by atomic mass is 10.2. The Bertz CT molecular complexity index is 820. The van der Waals surface area contributed by atoms with Crippen molar-refractivity contribution < 1.29 is 14.3 Å². The highest BCUT2D eigenvalue weighted by atomic mass is 35.5. The van der Waals surface area contributed by atoms with Crippen molar-refractivity contribution in [1.82, 2.24) is 0 Å². The molecule has 6 heteroatoms. The predicted octanol–water partition coefficient (Wildman–Crippen LogP) is 4.18. The molecule has 0 spiro atoms. The van der Waals surface area contributed by atoms with Crippen LogP contribution in [-0.4, -0.2) is 24.5 Å². The van der Waals surface area contributed by atoms with Crippen LogP contribution in [0.4, 0.5) is 11.4 Å². The largest absolute Gasteiger partial charge is 0.481 e. The van der Waals surface area contributed by atoms with Gasteiger partial charge in [0.1, 0.15) is 5.75 Å². The van der Waals surface area contributed by atoms with E-state index in [9.17, 15) is 9.59 Å². The van der Waals surface area contributed by atoms with Crippen molar-refractivity contribution in [2.75, 3.05) is 16.8 Å². The molecule has 2 amide bonds. The first kappa shape index (κ1) is 18.3. The minimum absolute atomic E-state index is 0.141. The number of carbonyl (C=O) groups is 2. The third kappa shape index (κ3) is 4.17. The maximum Gasteiger partial charge on any atom is 0.265 e. The van der Waals surface area contributed by atoms with Crippen molar-refractivity contribution in [3.63, 3.8) is 0 Å². The molecule has 2 aromatic rings. The van der Waals surface area contributed by atoms with Gasteiger partial charge in [-0.05, 0) is 68.3 Å². The summed E-state index contributed by atoms with van der Waals surface area (Å²) < 4.78 is 5.68. The molecule has 26 heavy (non-hydrogen) atoms. The number of aryl methyl sites for hydroxylation is 1. The van der Waals surface area contributed by atoms with Gasteiger partial charge in [-0.25, -0.2) is 0 Å². The molecule has 1 aliphatic heterocycles. The molecule has 0 aromatic heterocycles. The van der Waals surface area contributed by atoms with E-state index in [0.29, 0.717) is 22.9 Å². The quantitative estimate of drug-likeness (QED) is 0.856. The number of benzene rings is 2. The van der Waals surface area contributed by atoms with Crippen LogP contribution < -0.4 is 15.0 Å². The van der Waals surface area contributed by atoms with Gasteiger partial charge in [0, 0.05) is 29.4 Å². The summed E-state index contributed by atoms with van der Waals surface area (Å²) in [7, 11) is 0. The molecular weight excluding hydrogens is 352 g/mol. The first-order valence-corrected chi connectivity index (χ1v) is 8.96. The average molecular weight is 373 g/mol. The van der Waals surface area contributed by atoms with Gasteiger partial charge in [0.2, 0.25) is 5.91 Å². The zero-order valence-corrected chi connectivity index (χ0v) is 15.5. The van der Waals surface area contributed by atoms with Crippen LogP contribution in [0.1, 0.15) is 25.3 Å². The van der Waals surface area contributed by atoms with E-state index in [4.69, 9.17) is 16.3 Å². The van der Waals surface area contributed by atoms with Crippen molar-refractivity contribution in [3.8, 4) is 5.75 Å². The summed E-state index contributed by atoms with van der Waals surface area (Å²) in [4.78, 5) is 25.9. The zero-order chi connectivity index (χ0) is 18.7. The van der Waals surface area contributed by atoms with Crippen LogP contribution in [0.5, 0.6) is 5.75 Å². The van der Waals surface area contributed by atoms with Crippen molar-refractivity contribution in [2.45, 2.75) is 32.8 Å². The van der Waals surface area contributed by atoms with Crippen LogP contribution in [0.15, 0.2) is 42.5 Å². The topological polar surface area (TPSA) is 58.6 Å². The van der Waals surface area contributed by atoms with E-state index in [-0.39, 0.29) is 11.8 Å². The van der Waals surface area contributed by atoms with Gasteiger partial charge in [-0.1, -0.05) is 11.6 Å². The molecule has 3 rings (SSSR count). The summed E-state index contributed by atoms with van der Waals surface area (Å²) >= 11 is 6.00. The summed E-state index contributed by atoms with van der Waals surface area (Å²) in [6.07, 6.45) is 0.823. The second kappa shape index (κ2) is 7.79. The molecule has 1 aliphatic rings. The van der Waals surface area contributed by atoms with Crippen molar-refractivity contribution in [2.24, 2.45) is 0 Å². The van der Waals surface area contributed by atoms with E-state index in [1.165, 1.54) is 0 Å². The van der Waals surface area contributed by atoms with Gasteiger partial charge in [0.15, 0.2) is 6.10 Å². The molecule has 0 unspecified atom stereocenters. The standard InChI is InChI=1S/C20H21ClN2O3/c1-13-12-17(9-10-18(13)21)26-14(2)20(25)22-15-5-7-16(8-6-15)23-11-3-4-19(23)24/h5-10,12,14H,3-4,11H2,1-2H3,(H,22,25)/t14-/m1/s1. The van der Waals surface area contributed by atoms with Crippen molar-refractivity contribution >= 4 is 34.8 Å². The fourth-order valence-electron chi connectivity index (χ4n) is 2.84. The van der Waals surface area contributed by atoms with Crippen LogP contribution in [0.25, 0.3) is 0 Å². The number of amides is 2. The van der Waals surface area contributed by atoms with Gasteiger partial charge >= 0.3 is 0 Å². The molecule has 0 radical (unpaired) electrons. The second-order valence-corrected chi connectivity index (χ2v) is 6.76. The first-order valence-electron chi connectivity index (χ1n) is 8.58. The molecule has 1 heterocycles. The highest BCUT2D eigenvalue weighted by molar-refractivity contribution is 6.31. The number of rotatable bonds is 5. The number of ether oxygens (including phenoxy) is 1. The second-order valence-electron chi connectivity index (χ2n) is 6.36. The summed E-state index contributed by atoms with van der Waals surface area (Å²) in [5, 5.41) is 3.48. The lowest BCUT2D eigenvalue weighted by molar-refractivity contribution is -0.122. The Balaban J connectivity index is 1.60. The van der Waals surface area contributed by atoms with Gasteiger partial charge in [-0.3, -0.25) is 9.59 Å². The Morgan fingerprint density at radius 1 is 1.23 bits per heavy atom. The molecule has 1 fully saturated rings. The summed E-state index contributed by atoms with van der Waals surface area (Å²) in [5.74, 6) is 0.488. The number of hydrogen-bond donors (Lipinski definition) is 1.